The smallest absolute Gasteiger partial charge is 0.191 e. The first-order valence-electron chi connectivity index (χ1n) is 6.57. The summed E-state index contributed by atoms with van der Waals surface area (Å²) in [5, 5.41) is 0.510. The Balaban J connectivity index is 2.16. The molecule has 2 N–H and O–H groups in total. The summed E-state index contributed by atoms with van der Waals surface area (Å²) in [5.41, 5.74) is 7.56. The van der Waals surface area contributed by atoms with E-state index in [2.05, 4.69) is 0 Å². The maximum absolute atomic E-state index is 13.9. The van der Waals surface area contributed by atoms with E-state index in [0.717, 1.165) is 5.56 Å². The quantitative estimate of drug-likeness (QED) is 0.905. The number of aryl methyl sites for hydroxylation is 1. The van der Waals surface area contributed by atoms with Gasteiger partial charge in [-0.25, -0.2) is 8.78 Å². The van der Waals surface area contributed by atoms with Crippen LogP contribution in [0.2, 0.25) is 5.02 Å². The second-order valence-corrected chi connectivity index (χ2v) is 5.22. The van der Waals surface area contributed by atoms with Crippen LogP contribution in [0.25, 0.3) is 0 Å². The minimum atomic E-state index is -0.735. The van der Waals surface area contributed by atoms with Crippen molar-refractivity contribution in [2.45, 2.75) is 20.0 Å². The fourth-order valence-electron chi connectivity index (χ4n) is 1.98. The van der Waals surface area contributed by atoms with Gasteiger partial charge in [-0.05, 0) is 49.2 Å². The Morgan fingerprint density at radius 2 is 1.81 bits per heavy atom. The molecule has 2 aromatic carbocycles. The first kappa shape index (κ1) is 15.7. The van der Waals surface area contributed by atoms with Gasteiger partial charge in [0.25, 0.3) is 0 Å². The van der Waals surface area contributed by atoms with Crippen molar-refractivity contribution < 1.29 is 13.5 Å². The van der Waals surface area contributed by atoms with E-state index in [-0.39, 0.29) is 6.61 Å². The highest BCUT2D eigenvalue weighted by molar-refractivity contribution is 6.31. The van der Waals surface area contributed by atoms with Crippen molar-refractivity contribution in [1.29, 1.82) is 0 Å². The zero-order chi connectivity index (χ0) is 15.4. The number of nitrogens with two attached hydrogens (primary N) is 1. The van der Waals surface area contributed by atoms with Gasteiger partial charge in [-0.1, -0.05) is 23.7 Å². The average Bonchev–Trinajstić information content (AvgIpc) is 2.40. The number of rotatable bonds is 5. The molecule has 0 spiro atoms. The molecule has 0 aliphatic carbocycles. The molecule has 0 unspecified atom stereocenters. The largest absolute Gasteiger partial charge is 0.483 e. The first-order chi connectivity index (χ1) is 10.0. The molecule has 0 heterocycles. The highest BCUT2D eigenvalue weighted by Gasteiger charge is 2.13. The van der Waals surface area contributed by atoms with Crippen LogP contribution in [-0.2, 0) is 13.0 Å². The average molecular weight is 312 g/mol. The van der Waals surface area contributed by atoms with Crippen molar-refractivity contribution in [2.75, 3.05) is 6.54 Å². The highest BCUT2D eigenvalue weighted by atomic mass is 35.5. The molecule has 0 aliphatic heterocycles. The Morgan fingerprint density at radius 3 is 2.38 bits per heavy atom. The van der Waals surface area contributed by atoms with Gasteiger partial charge in [0.1, 0.15) is 6.61 Å². The molecule has 0 aliphatic rings. The summed E-state index contributed by atoms with van der Waals surface area (Å²) < 4.78 is 33.0. The maximum Gasteiger partial charge on any atom is 0.191 e. The molecule has 0 radical (unpaired) electrons. The van der Waals surface area contributed by atoms with Crippen molar-refractivity contribution in [1.82, 2.24) is 0 Å². The van der Waals surface area contributed by atoms with Gasteiger partial charge in [0.15, 0.2) is 17.4 Å². The first-order valence-corrected chi connectivity index (χ1v) is 6.95. The number of benzene rings is 2. The van der Waals surface area contributed by atoms with Crippen LogP contribution in [0.3, 0.4) is 0 Å². The predicted molar refractivity (Wildman–Crippen MR) is 79.6 cm³/mol. The topological polar surface area (TPSA) is 35.2 Å². The second kappa shape index (κ2) is 6.87. The van der Waals surface area contributed by atoms with Gasteiger partial charge in [0.2, 0.25) is 0 Å². The number of hydrogen-bond acceptors (Lipinski definition) is 2. The van der Waals surface area contributed by atoms with Crippen LogP contribution in [0.5, 0.6) is 5.75 Å². The molecule has 2 rings (SSSR count). The van der Waals surface area contributed by atoms with Crippen LogP contribution in [0.1, 0.15) is 16.7 Å². The summed E-state index contributed by atoms with van der Waals surface area (Å²) >= 11 is 6.06. The summed E-state index contributed by atoms with van der Waals surface area (Å²) in [5.74, 6) is -1.87. The van der Waals surface area contributed by atoms with E-state index in [9.17, 15) is 8.78 Å². The van der Waals surface area contributed by atoms with Gasteiger partial charge in [-0.3, -0.25) is 0 Å². The van der Waals surface area contributed by atoms with Gasteiger partial charge in [-0.2, -0.15) is 0 Å². The molecule has 0 aromatic heterocycles. The van der Waals surface area contributed by atoms with Gasteiger partial charge in [0, 0.05) is 10.6 Å². The Hall–Kier alpha value is -1.65. The monoisotopic (exact) mass is 311 g/mol. The molecule has 0 amide bonds. The van der Waals surface area contributed by atoms with Crippen molar-refractivity contribution >= 4 is 11.6 Å². The lowest BCUT2D eigenvalue weighted by atomic mass is 10.1. The predicted octanol–water partition coefficient (Wildman–Crippen LogP) is 4.01. The van der Waals surface area contributed by atoms with Crippen LogP contribution < -0.4 is 10.5 Å². The zero-order valence-electron chi connectivity index (χ0n) is 11.6. The summed E-state index contributed by atoms with van der Waals surface area (Å²) in [4.78, 5) is 0. The molecular formula is C16H16ClF2NO. The fourth-order valence-corrected chi connectivity index (χ4v) is 2.27. The lowest BCUT2D eigenvalue weighted by molar-refractivity contribution is 0.274. The van der Waals surface area contributed by atoms with Gasteiger partial charge in [0.05, 0.1) is 0 Å². The molecule has 5 heteroatoms. The van der Waals surface area contributed by atoms with Gasteiger partial charge < -0.3 is 10.5 Å². The SMILES string of the molecule is Cc1ccc(COc2c(F)cc(CCN)cc2F)c(Cl)c1. The Morgan fingerprint density at radius 1 is 1.14 bits per heavy atom. The summed E-state index contributed by atoms with van der Waals surface area (Å²) in [6.07, 6.45) is 0.415. The minimum Gasteiger partial charge on any atom is -0.483 e. The summed E-state index contributed by atoms with van der Waals surface area (Å²) in [7, 11) is 0. The number of ether oxygens (including phenoxy) is 1. The van der Waals surface area contributed by atoms with Crippen molar-refractivity contribution in [3.63, 3.8) is 0 Å². The van der Waals surface area contributed by atoms with E-state index < -0.39 is 17.4 Å². The summed E-state index contributed by atoms with van der Waals surface area (Å²) in [6, 6.07) is 7.89. The molecule has 2 aromatic rings. The molecule has 112 valence electrons. The Labute approximate surface area is 127 Å². The minimum absolute atomic E-state index is 0.00316. The number of halogens is 3. The van der Waals surface area contributed by atoms with Crippen molar-refractivity contribution in [3.8, 4) is 5.75 Å². The lowest BCUT2D eigenvalue weighted by Gasteiger charge is -2.11. The van der Waals surface area contributed by atoms with E-state index in [1.165, 1.54) is 12.1 Å². The molecular weight excluding hydrogens is 296 g/mol. The third kappa shape index (κ3) is 3.93. The maximum atomic E-state index is 13.9. The van der Waals surface area contributed by atoms with E-state index in [1.807, 2.05) is 13.0 Å². The van der Waals surface area contributed by atoms with Crippen LogP contribution in [-0.4, -0.2) is 6.54 Å². The highest BCUT2D eigenvalue weighted by Crippen LogP contribution is 2.26. The fraction of sp³-hybridized carbons (Fsp3) is 0.250. The van der Waals surface area contributed by atoms with E-state index in [1.54, 1.807) is 12.1 Å². The zero-order valence-corrected chi connectivity index (χ0v) is 12.4. The van der Waals surface area contributed by atoms with E-state index in [4.69, 9.17) is 22.1 Å². The standard InChI is InChI=1S/C16H16ClF2NO/c1-10-2-3-12(13(17)6-10)9-21-16-14(18)7-11(4-5-20)8-15(16)19/h2-3,6-8H,4-5,9,20H2,1H3. The lowest BCUT2D eigenvalue weighted by Crippen LogP contribution is -2.05. The third-order valence-corrected chi connectivity index (χ3v) is 3.42. The van der Waals surface area contributed by atoms with Crippen molar-refractivity contribution in [3.05, 3.63) is 63.7 Å². The van der Waals surface area contributed by atoms with E-state index in [0.29, 0.717) is 29.1 Å². The molecule has 2 nitrogen and oxygen atoms in total. The molecule has 0 bridgehead atoms. The molecule has 0 saturated heterocycles. The Bertz CT molecular complexity index is 623. The van der Waals surface area contributed by atoms with Crippen LogP contribution in [0.15, 0.2) is 30.3 Å². The van der Waals surface area contributed by atoms with Gasteiger partial charge in [-0.15, -0.1) is 0 Å². The third-order valence-electron chi connectivity index (χ3n) is 3.07. The number of hydrogen-bond donors (Lipinski definition) is 1. The molecule has 0 saturated carbocycles. The van der Waals surface area contributed by atoms with Crippen LogP contribution >= 0.6 is 11.6 Å². The Kier molecular flexibility index (Phi) is 5.15. The van der Waals surface area contributed by atoms with Crippen molar-refractivity contribution in [2.24, 2.45) is 5.73 Å². The molecule has 21 heavy (non-hydrogen) atoms. The van der Waals surface area contributed by atoms with Crippen LogP contribution in [0.4, 0.5) is 8.78 Å². The molecule has 0 atom stereocenters. The van der Waals surface area contributed by atoms with E-state index >= 15 is 0 Å². The molecule has 0 fully saturated rings. The summed E-state index contributed by atoms with van der Waals surface area (Å²) in [6.45, 7) is 2.24. The normalized spacial score (nSPS) is 10.7. The second-order valence-electron chi connectivity index (χ2n) is 4.81. The van der Waals surface area contributed by atoms with Crippen LogP contribution in [0, 0.1) is 18.6 Å². The van der Waals surface area contributed by atoms with Gasteiger partial charge >= 0.3 is 0 Å².